The van der Waals surface area contributed by atoms with Crippen LogP contribution in [-0.4, -0.2) is 35.1 Å². The van der Waals surface area contributed by atoms with Gasteiger partial charge in [0.15, 0.2) is 0 Å². The topological polar surface area (TPSA) is 61.0 Å². The number of nitrogens with one attached hydrogen (secondary N) is 2. The third-order valence-electron chi connectivity index (χ3n) is 4.60. The summed E-state index contributed by atoms with van der Waals surface area (Å²) in [7, 11) is 0. The molecule has 2 heterocycles. The summed E-state index contributed by atoms with van der Waals surface area (Å²) in [5.74, 6) is 2.28. The summed E-state index contributed by atoms with van der Waals surface area (Å²) >= 11 is 0. The van der Waals surface area contributed by atoms with Gasteiger partial charge in [0, 0.05) is 37.2 Å². The Bertz CT molecular complexity index is 547. The van der Waals surface area contributed by atoms with Crippen molar-refractivity contribution in [2.75, 3.05) is 18.0 Å². The molecule has 0 aromatic carbocycles. The molecule has 1 aromatic rings. The summed E-state index contributed by atoms with van der Waals surface area (Å²) in [4.78, 5) is 21.8. The van der Waals surface area contributed by atoms with Gasteiger partial charge in [-0.1, -0.05) is 0 Å². The third kappa shape index (κ3) is 2.59. The molecule has 2 saturated carbocycles. The lowest BCUT2D eigenvalue weighted by Crippen LogP contribution is -2.39. The molecule has 108 valence electrons. The number of nitrogens with zero attached hydrogens (tertiary/aromatic N) is 2. The second-order valence-corrected chi connectivity index (χ2v) is 6.44. The van der Waals surface area contributed by atoms with E-state index in [0.717, 1.165) is 30.8 Å². The molecule has 1 atom stereocenters. The first-order chi connectivity index (χ1) is 9.79. The molecule has 5 heteroatoms. The maximum absolute atomic E-state index is 11.8. The van der Waals surface area contributed by atoms with Gasteiger partial charge in [-0.3, -0.25) is 4.79 Å². The summed E-state index contributed by atoms with van der Waals surface area (Å²) < 4.78 is 0. The largest absolute Gasteiger partial charge is 0.352 e. The molecule has 0 spiro atoms. The van der Waals surface area contributed by atoms with Crippen LogP contribution in [0.4, 0.5) is 5.82 Å². The van der Waals surface area contributed by atoms with Crippen LogP contribution in [0.3, 0.4) is 0 Å². The zero-order valence-corrected chi connectivity index (χ0v) is 11.8. The minimum atomic E-state index is -0.00213. The van der Waals surface area contributed by atoms with Gasteiger partial charge in [0.25, 0.3) is 5.56 Å². The Morgan fingerprint density at radius 3 is 2.90 bits per heavy atom. The minimum Gasteiger partial charge on any atom is -0.352 e. The van der Waals surface area contributed by atoms with E-state index in [4.69, 9.17) is 4.98 Å². The maximum atomic E-state index is 11.8. The van der Waals surface area contributed by atoms with Crippen LogP contribution in [0.5, 0.6) is 0 Å². The molecular formula is C15H22N4O. The molecule has 3 fully saturated rings. The standard InChI is InChI=1S/C15H22N4O/c20-14-8-13(17-15(18-14)10-3-4-10)19-7-1-2-12(19)9-16-11-5-6-11/h8,10-12,16H,1-7,9H2,(H,17,18,20). The van der Waals surface area contributed by atoms with Crippen molar-refractivity contribution >= 4 is 5.82 Å². The monoisotopic (exact) mass is 274 g/mol. The number of anilines is 1. The Labute approximate surface area is 118 Å². The minimum absolute atomic E-state index is 0.00213. The van der Waals surface area contributed by atoms with Crippen LogP contribution in [0.25, 0.3) is 0 Å². The first-order valence-electron chi connectivity index (χ1n) is 7.91. The van der Waals surface area contributed by atoms with Crippen LogP contribution in [-0.2, 0) is 0 Å². The molecule has 4 rings (SSSR count). The predicted octanol–water partition coefficient (Wildman–Crippen LogP) is 1.37. The molecule has 1 unspecified atom stereocenters. The Kier molecular flexibility index (Phi) is 3.02. The van der Waals surface area contributed by atoms with Crippen molar-refractivity contribution < 1.29 is 0 Å². The van der Waals surface area contributed by atoms with Crippen molar-refractivity contribution in [3.63, 3.8) is 0 Å². The fraction of sp³-hybridized carbons (Fsp3) is 0.733. The van der Waals surface area contributed by atoms with Crippen LogP contribution in [0.15, 0.2) is 10.9 Å². The maximum Gasteiger partial charge on any atom is 0.252 e. The van der Waals surface area contributed by atoms with Crippen LogP contribution < -0.4 is 15.8 Å². The van der Waals surface area contributed by atoms with Gasteiger partial charge < -0.3 is 15.2 Å². The van der Waals surface area contributed by atoms with Crippen molar-refractivity contribution in [1.29, 1.82) is 0 Å². The predicted molar refractivity (Wildman–Crippen MR) is 78.2 cm³/mol. The quantitative estimate of drug-likeness (QED) is 0.851. The highest BCUT2D eigenvalue weighted by Crippen LogP contribution is 2.38. The number of aromatic nitrogens is 2. The van der Waals surface area contributed by atoms with E-state index in [-0.39, 0.29) is 5.56 Å². The summed E-state index contributed by atoms with van der Waals surface area (Å²) in [6.45, 7) is 2.05. The Morgan fingerprint density at radius 1 is 1.30 bits per heavy atom. The smallest absolute Gasteiger partial charge is 0.252 e. The fourth-order valence-corrected chi connectivity index (χ4v) is 3.10. The van der Waals surface area contributed by atoms with Gasteiger partial charge in [-0.25, -0.2) is 4.98 Å². The lowest BCUT2D eigenvalue weighted by Gasteiger charge is -2.26. The van der Waals surface area contributed by atoms with E-state index in [9.17, 15) is 4.79 Å². The number of rotatable bonds is 5. The molecule has 1 saturated heterocycles. The summed E-state index contributed by atoms with van der Waals surface area (Å²) in [5.41, 5.74) is -0.00213. The molecule has 0 amide bonds. The Balaban J connectivity index is 1.53. The number of aromatic amines is 1. The highest BCUT2D eigenvalue weighted by Gasteiger charge is 2.31. The van der Waals surface area contributed by atoms with Crippen LogP contribution in [0, 0.1) is 0 Å². The first-order valence-corrected chi connectivity index (χ1v) is 7.91. The molecule has 0 bridgehead atoms. The lowest BCUT2D eigenvalue weighted by molar-refractivity contribution is 0.567. The van der Waals surface area contributed by atoms with Crippen molar-refractivity contribution in [3.8, 4) is 0 Å². The van der Waals surface area contributed by atoms with Gasteiger partial charge in [0.1, 0.15) is 11.6 Å². The first kappa shape index (κ1) is 12.4. The second-order valence-electron chi connectivity index (χ2n) is 6.44. The normalized spacial score (nSPS) is 26.2. The average Bonchev–Trinajstić information content (AvgIpc) is 3.34. The Morgan fingerprint density at radius 2 is 2.15 bits per heavy atom. The molecule has 1 aromatic heterocycles. The van der Waals surface area contributed by atoms with Gasteiger partial charge in [-0.05, 0) is 38.5 Å². The molecule has 0 radical (unpaired) electrons. The van der Waals surface area contributed by atoms with Crippen molar-refractivity contribution in [2.24, 2.45) is 0 Å². The highest BCUT2D eigenvalue weighted by atomic mass is 16.1. The van der Waals surface area contributed by atoms with E-state index in [1.165, 1.54) is 38.5 Å². The fourth-order valence-electron chi connectivity index (χ4n) is 3.10. The van der Waals surface area contributed by atoms with Crippen LogP contribution in [0.1, 0.15) is 50.3 Å². The highest BCUT2D eigenvalue weighted by molar-refractivity contribution is 5.41. The van der Waals surface area contributed by atoms with E-state index in [0.29, 0.717) is 12.0 Å². The van der Waals surface area contributed by atoms with E-state index in [2.05, 4.69) is 15.2 Å². The van der Waals surface area contributed by atoms with Crippen molar-refractivity contribution in [2.45, 2.75) is 56.5 Å². The average molecular weight is 274 g/mol. The molecule has 2 aliphatic carbocycles. The van der Waals surface area contributed by atoms with Gasteiger partial charge in [-0.15, -0.1) is 0 Å². The van der Waals surface area contributed by atoms with Gasteiger partial charge in [-0.2, -0.15) is 0 Å². The number of hydrogen-bond donors (Lipinski definition) is 2. The number of hydrogen-bond acceptors (Lipinski definition) is 4. The van der Waals surface area contributed by atoms with Gasteiger partial charge in [0.05, 0.1) is 0 Å². The summed E-state index contributed by atoms with van der Waals surface area (Å²) in [6, 6.07) is 2.91. The zero-order valence-electron chi connectivity index (χ0n) is 11.8. The second kappa shape index (κ2) is 4.88. The molecule has 5 nitrogen and oxygen atoms in total. The molecule has 20 heavy (non-hydrogen) atoms. The number of H-pyrrole nitrogens is 1. The molecule has 2 N–H and O–H groups in total. The SMILES string of the molecule is O=c1cc(N2CCCC2CNC2CC2)nc(C2CC2)[nH]1. The van der Waals surface area contributed by atoms with Crippen LogP contribution in [0.2, 0.25) is 0 Å². The summed E-state index contributed by atoms with van der Waals surface area (Å²) in [5, 5.41) is 3.61. The third-order valence-corrected chi connectivity index (χ3v) is 4.60. The molecule has 3 aliphatic rings. The zero-order chi connectivity index (χ0) is 13.5. The molecule has 1 aliphatic heterocycles. The van der Waals surface area contributed by atoms with E-state index in [1.807, 2.05) is 0 Å². The Hall–Kier alpha value is -1.36. The van der Waals surface area contributed by atoms with Crippen molar-refractivity contribution in [3.05, 3.63) is 22.2 Å². The molecular weight excluding hydrogens is 252 g/mol. The summed E-state index contributed by atoms with van der Waals surface area (Å²) in [6.07, 6.45) is 7.37. The van der Waals surface area contributed by atoms with Crippen LogP contribution >= 0.6 is 0 Å². The van der Waals surface area contributed by atoms with Gasteiger partial charge in [0.2, 0.25) is 0 Å². The van der Waals surface area contributed by atoms with E-state index >= 15 is 0 Å². The van der Waals surface area contributed by atoms with E-state index in [1.54, 1.807) is 6.07 Å². The van der Waals surface area contributed by atoms with E-state index < -0.39 is 0 Å². The van der Waals surface area contributed by atoms with Gasteiger partial charge >= 0.3 is 0 Å². The van der Waals surface area contributed by atoms with Crippen molar-refractivity contribution in [1.82, 2.24) is 15.3 Å². The lowest BCUT2D eigenvalue weighted by atomic mass is 10.2.